The van der Waals surface area contributed by atoms with Crippen LogP contribution in [0, 0.1) is 0 Å². The third-order valence-electron chi connectivity index (χ3n) is 2.37. The first-order valence-corrected chi connectivity index (χ1v) is 4.22. The van der Waals surface area contributed by atoms with E-state index in [1.54, 1.807) is 19.9 Å². The van der Waals surface area contributed by atoms with Crippen molar-refractivity contribution in [3.8, 4) is 0 Å². The van der Waals surface area contributed by atoms with Crippen molar-refractivity contribution in [2.24, 2.45) is 0 Å². The van der Waals surface area contributed by atoms with E-state index in [9.17, 15) is 4.79 Å². The van der Waals surface area contributed by atoms with Crippen LogP contribution in [0.3, 0.4) is 0 Å². The second-order valence-electron chi connectivity index (χ2n) is 3.81. The summed E-state index contributed by atoms with van der Waals surface area (Å²) in [6, 6.07) is 0. The van der Waals surface area contributed by atoms with Gasteiger partial charge in [0.05, 0.1) is 6.61 Å². The second kappa shape index (κ2) is 2.41. The Kier molecular flexibility index (Phi) is 1.64. The van der Waals surface area contributed by atoms with Crippen molar-refractivity contribution in [3.63, 3.8) is 0 Å². The fourth-order valence-corrected chi connectivity index (χ4v) is 1.82. The van der Waals surface area contributed by atoms with E-state index in [0.717, 1.165) is 0 Å². The van der Waals surface area contributed by atoms with Crippen LogP contribution in [0.4, 0.5) is 0 Å². The number of aliphatic hydroxyl groups excluding tert-OH is 1. The van der Waals surface area contributed by atoms with Gasteiger partial charge in [0.15, 0.2) is 17.2 Å². The Bertz CT molecular complexity index is 281. The van der Waals surface area contributed by atoms with Crippen molar-refractivity contribution >= 4 is 5.78 Å². The normalized spacial score (nSPS) is 41.2. The van der Waals surface area contributed by atoms with E-state index in [-0.39, 0.29) is 12.4 Å². The topological polar surface area (TPSA) is 55.8 Å². The van der Waals surface area contributed by atoms with Gasteiger partial charge in [-0.05, 0) is 26.0 Å². The lowest BCUT2D eigenvalue weighted by Gasteiger charge is -2.23. The second-order valence-corrected chi connectivity index (χ2v) is 3.81. The van der Waals surface area contributed by atoms with Crippen molar-refractivity contribution in [1.29, 1.82) is 0 Å². The van der Waals surface area contributed by atoms with Crippen LogP contribution in [0.2, 0.25) is 0 Å². The summed E-state index contributed by atoms with van der Waals surface area (Å²) in [5.41, 5.74) is -1.18. The van der Waals surface area contributed by atoms with E-state index in [0.29, 0.717) is 0 Å². The molecule has 1 aliphatic carbocycles. The summed E-state index contributed by atoms with van der Waals surface area (Å²) >= 11 is 0. The molecule has 4 heteroatoms. The third kappa shape index (κ3) is 1.06. The van der Waals surface area contributed by atoms with Gasteiger partial charge in [0.25, 0.3) is 0 Å². The molecular weight excluding hydrogens is 172 g/mol. The van der Waals surface area contributed by atoms with Crippen LogP contribution in [0.5, 0.6) is 0 Å². The van der Waals surface area contributed by atoms with Crippen LogP contribution in [-0.2, 0) is 14.3 Å². The van der Waals surface area contributed by atoms with Crippen LogP contribution < -0.4 is 0 Å². The number of ether oxygens (including phenoxy) is 2. The van der Waals surface area contributed by atoms with E-state index in [1.165, 1.54) is 6.08 Å². The molecule has 0 unspecified atom stereocenters. The summed E-state index contributed by atoms with van der Waals surface area (Å²) in [4.78, 5) is 11.4. The van der Waals surface area contributed by atoms with Gasteiger partial charge in [-0.15, -0.1) is 0 Å². The maximum Gasteiger partial charge on any atom is 0.192 e. The number of carbonyl (C=O) groups is 1. The molecule has 0 amide bonds. The first-order valence-electron chi connectivity index (χ1n) is 4.22. The van der Waals surface area contributed by atoms with Crippen molar-refractivity contribution in [3.05, 3.63) is 12.2 Å². The van der Waals surface area contributed by atoms with E-state index in [4.69, 9.17) is 14.6 Å². The van der Waals surface area contributed by atoms with Gasteiger partial charge in [-0.25, -0.2) is 0 Å². The minimum atomic E-state index is -1.18. The highest BCUT2D eigenvalue weighted by Crippen LogP contribution is 2.40. The Morgan fingerprint density at radius 1 is 1.62 bits per heavy atom. The highest BCUT2D eigenvalue weighted by Gasteiger charge is 2.58. The Hall–Kier alpha value is -0.710. The highest BCUT2D eigenvalue weighted by molar-refractivity contribution is 6.01. The number of hydrogen-bond acceptors (Lipinski definition) is 4. The summed E-state index contributed by atoms with van der Waals surface area (Å²) in [5.74, 6) is -1.01. The molecule has 0 saturated carbocycles. The first kappa shape index (κ1) is 8.87. The molecule has 1 N–H and O–H groups in total. The zero-order valence-electron chi connectivity index (χ0n) is 7.61. The molecule has 2 aliphatic rings. The van der Waals surface area contributed by atoms with Crippen LogP contribution >= 0.6 is 0 Å². The quantitative estimate of drug-likeness (QED) is 0.623. The summed E-state index contributed by atoms with van der Waals surface area (Å²) < 4.78 is 10.9. The lowest BCUT2D eigenvalue weighted by molar-refractivity contribution is -0.176. The molecule has 2 atom stereocenters. The van der Waals surface area contributed by atoms with Crippen LogP contribution in [0.1, 0.15) is 13.8 Å². The summed E-state index contributed by atoms with van der Waals surface area (Å²) in [6.45, 7) is 3.11. The molecule has 0 spiro atoms. The van der Waals surface area contributed by atoms with Crippen molar-refractivity contribution in [1.82, 2.24) is 0 Å². The van der Waals surface area contributed by atoms with Gasteiger partial charge < -0.3 is 14.6 Å². The number of rotatable bonds is 1. The van der Waals surface area contributed by atoms with E-state index < -0.39 is 17.5 Å². The number of ketones is 1. The maximum absolute atomic E-state index is 11.4. The van der Waals surface area contributed by atoms with E-state index in [1.807, 2.05) is 0 Å². The Morgan fingerprint density at radius 3 is 2.85 bits per heavy atom. The number of aliphatic hydroxyl groups is 1. The molecule has 72 valence electrons. The zero-order chi connectivity index (χ0) is 9.69. The maximum atomic E-state index is 11.4. The predicted octanol–water partition coefficient (Wildman–Crippen LogP) is 0.00790. The van der Waals surface area contributed by atoms with Crippen LogP contribution in [0.15, 0.2) is 12.2 Å². The molecule has 13 heavy (non-hydrogen) atoms. The van der Waals surface area contributed by atoms with Gasteiger partial charge in [0.1, 0.15) is 6.10 Å². The fraction of sp³-hybridized carbons (Fsp3) is 0.667. The monoisotopic (exact) mass is 184 g/mol. The Morgan fingerprint density at radius 2 is 2.31 bits per heavy atom. The minimum absolute atomic E-state index is 0.217. The largest absolute Gasteiger partial charge is 0.393 e. The number of fused-ring (bicyclic) bond motifs is 1. The molecule has 1 aliphatic heterocycles. The number of hydrogen-bond donors (Lipinski definition) is 1. The molecule has 1 fully saturated rings. The zero-order valence-corrected chi connectivity index (χ0v) is 7.61. The van der Waals surface area contributed by atoms with Gasteiger partial charge in [-0.2, -0.15) is 0 Å². The smallest absolute Gasteiger partial charge is 0.192 e. The first-order chi connectivity index (χ1) is 6.00. The highest BCUT2D eigenvalue weighted by atomic mass is 16.8. The summed E-state index contributed by atoms with van der Waals surface area (Å²) in [5, 5.41) is 9.16. The lowest BCUT2D eigenvalue weighted by Crippen LogP contribution is -2.46. The minimum Gasteiger partial charge on any atom is -0.393 e. The van der Waals surface area contributed by atoms with E-state index >= 15 is 0 Å². The van der Waals surface area contributed by atoms with Crippen LogP contribution in [0.25, 0.3) is 0 Å². The van der Waals surface area contributed by atoms with Gasteiger partial charge in [-0.1, -0.05) is 0 Å². The molecule has 0 aromatic rings. The lowest BCUT2D eigenvalue weighted by atomic mass is 9.99. The molecule has 0 aromatic carbocycles. The van der Waals surface area contributed by atoms with Crippen LogP contribution in [-0.4, -0.2) is 35.0 Å². The average molecular weight is 184 g/mol. The standard InChI is InChI=1S/C9H12O4/c1-8(2)12-7-4-3-6(11)9(7,5-10)13-8/h3-4,7,10H,5H2,1-2H3/t7-,9+/m1/s1. The van der Waals surface area contributed by atoms with Gasteiger partial charge >= 0.3 is 0 Å². The summed E-state index contributed by atoms with van der Waals surface area (Å²) in [6.07, 6.45) is 2.59. The molecule has 1 saturated heterocycles. The van der Waals surface area contributed by atoms with Crippen molar-refractivity contribution < 1.29 is 19.4 Å². The molecule has 1 heterocycles. The molecule has 4 nitrogen and oxygen atoms in total. The molecular formula is C9H12O4. The average Bonchev–Trinajstić information content (AvgIpc) is 2.46. The SMILES string of the molecule is CC1(C)O[C@@H]2C=CC(=O)[C@]2(CO)O1. The Labute approximate surface area is 76.1 Å². The molecule has 0 radical (unpaired) electrons. The fourth-order valence-electron chi connectivity index (χ4n) is 1.82. The Balaban J connectivity index is 2.36. The van der Waals surface area contributed by atoms with Crippen molar-refractivity contribution in [2.75, 3.05) is 6.61 Å². The molecule has 0 aromatic heterocycles. The van der Waals surface area contributed by atoms with Gasteiger partial charge in [-0.3, -0.25) is 4.79 Å². The summed E-state index contributed by atoms with van der Waals surface area (Å²) in [7, 11) is 0. The molecule has 2 rings (SSSR count). The molecule has 0 bridgehead atoms. The third-order valence-corrected chi connectivity index (χ3v) is 2.37. The predicted molar refractivity (Wildman–Crippen MR) is 44.0 cm³/mol. The van der Waals surface area contributed by atoms with Gasteiger partial charge in [0, 0.05) is 0 Å². The number of carbonyl (C=O) groups excluding carboxylic acids is 1. The van der Waals surface area contributed by atoms with Crippen molar-refractivity contribution in [2.45, 2.75) is 31.3 Å². The van der Waals surface area contributed by atoms with E-state index in [2.05, 4.69) is 0 Å². The van der Waals surface area contributed by atoms with Gasteiger partial charge in [0.2, 0.25) is 0 Å².